The molecule has 5 rings (SSSR count). The van der Waals surface area contributed by atoms with Crippen molar-refractivity contribution in [2.24, 2.45) is 5.73 Å². The lowest BCUT2D eigenvalue weighted by Crippen LogP contribution is -2.42. The van der Waals surface area contributed by atoms with Crippen LogP contribution in [0.4, 0.5) is 13.2 Å². The molecule has 12 heteroatoms. The van der Waals surface area contributed by atoms with E-state index >= 15 is 0 Å². The van der Waals surface area contributed by atoms with Gasteiger partial charge in [0.05, 0.1) is 24.3 Å². The Balaban J connectivity index is 0.000000186. The Hall–Kier alpha value is -2.80. The summed E-state index contributed by atoms with van der Waals surface area (Å²) >= 11 is 0. The van der Waals surface area contributed by atoms with Gasteiger partial charge in [-0.2, -0.15) is 13.2 Å². The zero-order chi connectivity index (χ0) is 28.7. The Bertz CT molecular complexity index is 1200. The Kier molecular flexibility index (Phi) is 10.3. The molecule has 2 atom stereocenters. The Morgan fingerprint density at radius 1 is 1.25 bits per heavy atom. The molecule has 220 valence electrons. The van der Waals surface area contributed by atoms with Crippen molar-refractivity contribution in [3.8, 4) is 0 Å². The van der Waals surface area contributed by atoms with Crippen LogP contribution in [0.25, 0.3) is 0 Å². The van der Waals surface area contributed by atoms with Gasteiger partial charge in [0.1, 0.15) is 0 Å². The van der Waals surface area contributed by atoms with Crippen molar-refractivity contribution < 1.29 is 27.4 Å². The number of nitrogens with two attached hydrogens (primary N) is 1. The van der Waals surface area contributed by atoms with Crippen molar-refractivity contribution in [3.05, 3.63) is 63.3 Å². The summed E-state index contributed by atoms with van der Waals surface area (Å²) in [7, 11) is 0. The molecule has 1 amide bonds. The molecule has 0 radical (unpaired) electrons. The fourth-order valence-corrected chi connectivity index (χ4v) is 5.37. The predicted molar refractivity (Wildman–Crippen MR) is 142 cm³/mol. The van der Waals surface area contributed by atoms with Gasteiger partial charge in [-0.3, -0.25) is 19.5 Å². The van der Waals surface area contributed by atoms with Crippen molar-refractivity contribution in [1.82, 2.24) is 19.8 Å². The molecule has 1 aliphatic carbocycles. The number of nitrogens with zero attached hydrogens (tertiary/aromatic N) is 3. The molecule has 0 saturated carbocycles. The van der Waals surface area contributed by atoms with Crippen LogP contribution in [0.3, 0.4) is 0 Å². The number of hydrogen-bond donors (Lipinski definition) is 2. The summed E-state index contributed by atoms with van der Waals surface area (Å²) < 4.78 is 50.9. The third-order valence-corrected chi connectivity index (χ3v) is 7.58. The minimum atomic E-state index is -4.55. The van der Waals surface area contributed by atoms with E-state index in [9.17, 15) is 22.8 Å². The highest BCUT2D eigenvalue weighted by Crippen LogP contribution is 2.34. The van der Waals surface area contributed by atoms with Crippen LogP contribution < -0.4 is 16.6 Å². The molecule has 2 aromatic heterocycles. The third-order valence-electron chi connectivity index (χ3n) is 7.58. The normalized spacial score (nSPS) is 20.2. The molecular weight excluding hydrogens is 527 g/mol. The Labute approximate surface area is 231 Å². The lowest BCUT2D eigenvalue weighted by Gasteiger charge is -2.29. The number of rotatable bonds is 8. The maximum atomic E-state index is 12.6. The number of nitrogens with one attached hydrogen (secondary N) is 1. The molecule has 3 N–H and O–H groups in total. The van der Waals surface area contributed by atoms with Crippen molar-refractivity contribution in [3.63, 3.8) is 0 Å². The Morgan fingerprint density at radius 2 is 2.02 bits per heavy atom. The van der Waals surface area contributed by atoms with Gasteiger partial charge in [-0.15, -0.1) is 0 Å². The number of carbonyl (C=O) groups excluding carboxylic acids is 1. The summed E-state index contributed by atoms with van der Waals surface area (Å²) in [6.45, 7) is 5.64. The minimum Gasteiger partial charge on any atom is -0.381 e. The number of carbonyl (C=O) groups is 1. The van der Waals surface area contributed by atoms with E-state index in [2.05, 4.69) is 23.3 Å². The highest BCUT2D eigenvalue weighted by atomic mass is 19.4. The second-order valence-corrected chi connectivity index (χ2v) is 10.5. The molecule has 2 aliphatic heterocycles. The van der Waals surface area contributed by atoms with E-state index in [1.165, 1.54) is 15.7 Å². The van der Waals surface area contributed by atoms with Crippen LogP contribution in [-0.4, -0.2) is 65.4 Å². The summed E-state index contributed by atoms with van der Waals surface area (Å²) in [5.41, 5.74) is 6.34. The zero-order valence-corrected chi connectivity index (χ0v) is 22.8. The molecule has 0 aromatic carbocycles. The number of pyridine rings is 2. The zero-order valence-electron chi connectivity index (χ0n) is 22.8. The maximum Gasteiger partial charge on any atom is 0.416 e. The number of fused-ring (bicyclic) bond motifs is 2. The smallest absolute Gasteiger partial charge is 0.381 e. The topological polar surface area (TPSA) is 112 Å². The molecule has 1 fully saturated rings. The quantitative estimate of drug-likeness (QED) is 0.506. The first kappa shape index (κ1) is 30.2. The van der Waals surface area contributed by atoms with E-state index in [0.717, 1.165) is 57.9 Å². The van der Waals surface area contributed by atoms with Gasteiger partial charge in [0.15, 0.2) is 0 Å². The van der Waals surface area contributed by atoms with Crippen molar-refractivity contribution >= 4 is 5.91 Å². The fraction of sp³-hybridized carbons (Fsp3) is 0.607. The number of primary amides is 1. The molecule has 2 aromatic rings. The molecule has 3 aliphatic rings. The van der Waals surface area contributed by atoms with Crippen LogP contribution in [0.15, 0.2) is 35.4 Å². The molecule has 0 spiro atoms. The van der Waals surface area contributed by atoms with Crippen LogP contribution in [0.2, 0.25) is 0 Å². The van der Waals surface area contributed by atoms with Gasteiger partial charge in [0, 0.05) is 69.6 Å². The number of aromatic nitrogens is 2. The summed E-state index contributed by atoms with van der Waals surface area (Å²) in [5.74, 6) is -0.553. The van der Waals surface area contributed by atoms with Gasteiger partial charge in [-0.05, 0) is 55.4 Å². The van der Waals surface area contributed by atoms with E-state index < -0.39 is 23.2 Å². The van der Waals surface area contributed by atoms with Crippen LogP contribution in [0, 0.1) is 0 Å². The Morgan fingerprint density at radius 3 is 2.73 bits per heavy atom. The van der Waals surface area contributed by atoms with Crippen molar-refractivity contribution in [1.29, 1.82) is 0 Å². The number of aryl methyl sites for hydroxylation is 1. The third kappa shape index (κ3) is 8.12. The first-order valence-corrected chi connectivity index (χ1v) is 13.8. The van der Waals surface area contributed by atoms with Gasteiger partial charge < -0.3 is 25.1 Å². The average Bonchev–Trinajstić information content (AvgIpc) is 3.33. The summed E-state index contributed by atoms with van der Waals surface area (Å²) in [6.07, 6.45) is 5.33. The van der Waals surface area contributed by atoms with E-state index in [1.54, 1.807) is 4.90 Å². The summed E-state index contributed by atoms with van der Waals surface area (Å²) in [4.78, 5) is 28.2. The SMILES string of the molecule is CCC(CNC1CCOCC1)OC1CCc2cnccc21.NC(=O)CN1CCn2c(cc(C(F)(F)F)cc2=O)C1. The molecule has 0 bridgehead atoms. The molecule has 4 heterocycles. The van der Waals surface area contributed by atoms with Crippen LogP contribution in [0.5, 0.6) is 0 Å². The fourth-order valence-electron chi connectivity index (χ4n) is 5.37. The lowest BCUT2D eigenvalue weighted by atomic mass is 10.1. The molecular formula is C28H38F3N5O4. The van der Waals surface area contributed by atoms with Gasteiger partial charge in [-0.1, -0.05) is 6.92 Å². The monoisotopic (exact) mass is 565 g/mol. The summed E-state index contributed by atoms with van der Waals surface area (Å²) in [5, 5.41) is 3.65. The molecule has 40 heavy (non-hydrogen) atoms. The number of amides is 1. The number of hydrogen-bond acceptors (Lipinski definition) is 7. The highest BCUT2D eigenvalue weighted by Gasteiger charge is 2.33. The van der Waals surface area contributed by atoms with E-state index in [1.807, 2.05) is 12.4 Å². The second kappa shape index (κ2) is 13.7. The average molecular weight is 566 g/mol. The van der Waals surface area contributed by atoms with Gasteiger partial charge in [0.2, 0.25) is 5.91 Å². The second-order valence-electron chi connectivity index (χ2n) is 10.5. The van der Waals surface area contributed by atoms with E-state index in [4.69, 9.17) is 15.2 Å². The predicted octanol–water partition coefficient (Wildman–Crippen LogP) is 2.80. The number of ether oxygens (including phenoxy) is 2. The van der Waals surface area contributed by atoms with Crippen LogP contribution in [0.1, 0.15) is 61.1 Å². The summed E-state index contributed by atoms with van der Waals surface area (Å²) in [6, 6.07) is 4.24. The van der Waals surface area contributed by atoms with Crippen molar-refractivity contribution in [2.45, 2.75) is 76.5 Å². The minimum absolute atomic E-state index is 0.0373. The number of alkyl halides is 3. The van der Waals surface area contributed by atoms with Crippen LogP contribution in [-0.2, 0) is 40.0 Å². The highest BCUT2D eigenvalue weighted by molar-refractivity contribution is 5.75. The van der Waals surface area contributed by atoms with Crippen LogP contribution >= 0.6 is 0 Å². The maximum absolute atomic E-state index is 12.6. The largest absolute Gasteiger partial charge is 0.416 e. The number of halogens is 3. The first-order valence-electron chi connectivity index (χ1n) is 13.8. The molecule has 2 unspecified atom stereocenters. The molecule has 1 saturated heterocycles. The standard InChI is InChI=1S/C17H26N2O2.C11H12F3N3O2/c1-2-15(12-19-14-6-9-20-10-7-14)21-17-4-3-13-11-18-8-5-16(13)17;12-11(13,14)7-3-8-5-16(6-9(15)18)1-2-17(8)10(19)4-7/h5,8,11,14-15,17,19H,2-4,6-7,9-10,12H2,1H3;3-4H,1-2,5-6H2,(H2,15,18). The lowest BCUT2D eigenvalue weighted by molar-refractivity contribution is -0.138. The van der Waals surface area contributed by atoms with Gasteiger partial charge in [0.25, 0.3) is 5.56 Å². The van der Waals surface area contributed by atoms with Gasteiger partial charge >= 0.3 is 6.18 Å². The van der Waals surface area contributed by atoms with Gasteiger partial charge in [-0.25, -0.2) is 0 Å². The van der Waals surface area contributed by atoms with E-state index in [-0.39, 0.29) is 37.5 Å². The molecule has 9 nitrogen and oxygen atoms in total. The van der Waals surface area contributed by atoms with E-state index in [0.29, 0.717) is 18.7 Å². The van der Waals surface area contributed by atoms with Crippen molar-refractivity contribution in [2.75, 3.05) is 32.8 Å². The first-order chi connectivity index (χ1) is 19.1.